The molecule has 0 nitrogen and oxygen atoms in total. The summed E-state index contributed by atoms with van der Waals surface area (Å²) >= 11 is 0. The van der Waals surface area contributed by atoms with Gasteiger partial charge in [0, 0.05) is 0 Å². The monoisotopic (exact) mass is 196 g/mol. The Morgan fingerprint density at radius 3 is 1.93 bits per heavy atom. The average Bonchev–Trinajstić information content (AvgIpc) is 2.01. The zero-order chi connectivity index (χ0) is 11.2. The second kappa shape index (κ2) is 3.25. The van der Waals surface area contributed by atoms with Crippen molar-refractivity contribution >= 4 is 0 Å². The molecule has 0 amide bonds. The van der Waals surface area contributed by atoms with Crippen LogP contribution in [0.15, 0.2) is 0 Å². The topological polar surface area (TPSA) is 0 Å². The van der Waals surface area contributed by atoms with Gasteiger partial charge in [-0.25, -0.2) is 0 Å². The highest BCUT2D eigenvalue weighted by atomic mass is 14.7. The van der Waals surface area contributed by atoms with E-state index in [0.29, 0.717) is 16.2 Å². The van der Waals surface area contributed by atoms with Crippen LogP contribution in [0, 0.1) is 22.2 Å². The fraction of sp³-hybridized carbons (Fsp3) is 1.00. The summed E-state index contributed by atoms with van der Waals surface area (Å²) in [6.07, 6.45) is 4.15. The number of hydrogen-bond donors (Lipinski definition) is 0. The van der Waals surface area contributed by atoms with Crippen molar-refractivity contribution in [2.75, 3.05) is 0 Å². The van der Waals surface area contributed by atoms with Crippen LogP contribution >= 0.6 is 0 Å². The lowest BCUT2D eigenvalue weighted by Gasteiger charge is -2.67. The van der Waals surface area contributed by atoms with Gasteiger partial charge in [-0.3, -0.25) is 0 Å². The Labute approximate surface area is 90.5 Å². The predicted octanol–water partition coefficient (Wildman–Crippen LogP) is 4.89. The van der Waals surface area contributed by atoms with E-state index in [2.05, 4.69) is 48.5 Å². The molecule has 2 unspecified atom stereocenters. The van der Waals surface area contributed by atoms with Crippen molar-refractivity contribution in [3.63, 3.8) is 0 Å². The first-order valence-electron chi connectivity index (χ1n) is 6.19. The second-order valence-corrected chi connectivity index (χ2v) is 6.91. The van der Waals surface area contributed by atoms with E-state index in [1.54, 1.807) is 0 Å². The summed E-state index contributed by atoms with van der Waals surface area (Å²) in [5.41, 5.74) is 1.56. The Bertz CT molecular complexity index is 203. The third-order valence-electron chi connectivity index (χ3n) is 5.23. The molecule has 0 aromatic rings. The van der Waals surface area contributed by atoms with Crippen molar-refractivity contribution in [2.24, 2.45) is 22.2 Å². The highest BCUT2D eigenvalue weighted by Crippen LogP contribution is 2.69. The quantitative estimate of drug-likeness (QED) is 0.590. The van der Waals surface area contributed by atoms with Crippen LogP contribution in [-0.4, -0.2) is 0 Å². The molecular formula is C14H28. The molecule has 0 N–H and O–H groups in total. The highest BCUT2D eigenvalue weighted by Gasteiger charge is 2.61. The molecule has 0 heteroatoms. The fourth-order valence-corrected chi connectivity index (χ4v) is 3.88. The Morgan fingerprint density at radius 2 is 1.71 bits per heavy atom. The van der Waals surface area contributed by atoms with Crippen molar-refractivity contribution in [3.8, 4) is 0 Å². The van der Waals surface area contributed by atoms with Gasteiger partial charge in [0.1, 0.15) is 0 Å². The summed E-state index contributed by atoms with van der Waals surface area (Å²) in [6, 6.07) is 0. The maximum Gasteiger partial charge on any atom is -0.0192 e. The molecule has 1 aliphatic rings. The maximum absolute atomic E-state index is 2.47. The first-order valence-corrected chi connectivity index (χ1v) is 6.19. The zero-order valence-corrected chi connectivity index (χ0v) is 11.2. The minimum Gasteiger partial charge on any atom is -0.0654 e. The molecule has 1 fully saturated rings. The van der Waals surface area contributed by atoms with Gasteiger partial charge in [0.05, 0.1) is 0 Å². The average molecular weight is 196 g/mol. The van der Waals surface area contributed by atoms with Gasteiger partial charge in [-0.1, -0.05) is 54.9 Å². The van der Waals surface area contributed by atoms with E-state index in [0.717, 1.165) is 5.92 Å². The molecule has 1 rings (SSSR count). The van der Waals surface area contributed by atoms with Crippen LogP contribution in [0.5, 0.6) is 0 Å². The molecular weight excluding hydrogens is 168 g/mol. The van der Waals surface area contributed by atoms with Gasteiger partial charge in [-0.2, -0.15) is 0 Å². The number of rotatable bonds is 2. The molecule has 84 valence electrons. The lowest BCUT2D eigenvalue weighted by Crippen LogP contribution is -2.60. The van der Waals surface area contributed by atoms with Crippen LogP contribution in [-0.2, 0) is 0 Å². The Kier molecular flexibility index (Phi) is 2.80. The molecule has 0 aromatic heterocycles. The Morgan fingerprint density at radius 1 is 1.21 bits per heavy atom. The van der Waals surface area contributed by atoms with E-state index in [-0.39, 0.29) is 0 Å². The van der Waals surface area contributed by atoms with E-state index < -0.39 is 0 Å². The third kappa shape index (κ3) is 1.33. The van der Waals surface area contributed by atoms with E-state index in [4.69, 9.17) is 0 Å². The lowest BCUT2D eigenvalue weighted by molar-refractivity contribution is -0.186. The van der Waals surface area contributed by atoms with Crippen LogP contribution in [0.1, 0.15) is 67.7 Å². The van der Waals surface area contributed by atoms with Crippen molar-refractivity contribution in [1.82, 2.24) is 0 Å². The Hall–Kier alpha value is 0. The van der Waals surface area contributed by atoms with Gasteiger partial charge in [-0.15, -0.1) is 0 Å². The first-order chi connectivity index (χ1) is 6.19. The lowest BCUT2D eigenvalue weighted by atomic mass is 9.37. The summed E-state index contributed by atoms with van der Waals surface area (Å²) in [5, 5.41) is 0. The summed E-state index contributed by atoms with van der Waals surface area (Å²) in [5.74, 6) is 0.897. The standard InChI is InChI=1S/C14H28/c1-8-9-14(12(3,4)5)10-11(2)13(14,6)7/h11H,8-10H2,1-7H3. The summed E-state index contributed by atoms with van der Waals surface area (Å²) in [4.78, 5) is 0. The van der Waals surface area contributed by atoms with Gasteiger partial charge >= 0.3 is 0 Å². The van der Waals surface area contributed by atoms with Crippen LogP contribution < -0.4 is 0 Å². The van der Waals surface area contributed by atoms with Crippen molar-refractivity contribution in [3.05, 3.63) is 0 Å². The van der Waals surface area contributed by atoms with Crippen molar-refractivity contribution in [2.45, 2.75) is 67.7 Å². The van der Waals surface area contributed by atoms with Crippen LogP contribution in [0.2, 0.25) is 0 Å². The minimum atomic E-state index is 0.457. The summed E-state index contributed by atoms with van der Waals surface area (Å²) < 4.78 is 0. The molecule has 1 saturated carbocycles. The largest absolute Gasteiger partial charge is 0.0654 e. The van der Waals surface area contributed by atoms with E-state index in [1.807, 2.05) is 0 Å². The molecule has 2 atom stereocenters. The zero-order valence-electron chi connectivity index (χ0n) is 11.2. The molecule has 1 aliphatic carbocycles. The van der Waals surface area contributed by atoms with Gasteiger partial charge < -0.3 is 0 Å². The van der Waals surface area contributed by atoms with Crippen molar-refractivity contribution < 1.29 is 0 Å². The Balaban J connectivity index is 2.98. The van der Waals surface area contributed by atoms with Gasteiger partial charge in [-0.05, 0) is 35.0 Å². The van der Waals surface area contributed by atoms with E-state index >= 15 is 0 Å². The summed E-state index contributed by atoms with van der Waals surface area (Å²) in [7, 11) is 0. The first kappa shape index (κ1) is 12.1. The molecule has 0 heterocycles. The molecule has 0 spiro atoms. The molecule has 0 aromatic carbocycles. The van der Waals surface area contributed by atoms with Crippen LogP contribution in [0.4, 0.5) is 0 Å². The second-order valence-electron chi connectivity index (χ2n) is 6.91. The van der Waals surface area contributed by atoms with E-state index in [1.165, 1.54) is 19.3 Å². The molecule has 14 heavy (non-hydrogen) atoms. The molecule has 0 radical (unpaired) electrons. The number of hydrogen-bond acceptors (Lipinski definition) is 0. The summed E-state index contributed by atoms with van der Waals surface area (Å²) in [6.45, 7) is 17.0. The van der Waals surface area contributed by atoms with Crippen LogP contribution in [0.25, 0.3) is 0 Å². The van der Waals surface area contributed by atoms with Gasteiger partial charge in [0.2, 0.25) is 0 Å². The SMILES string of the molecule is CCCC1(C(C)(C)C)CC(C)C1(C)C. The van der Waals surface area contributed by atoms with Gasteiger partial charge in [0.25, 0.3) is 0 Å². The smallest absolute Gasteiger partial charge is 0.0192 e. The van der Waals surface area contributed by atoms with Gasteiger partial charge in [0.15, 0.2) is 0 Å². The highest BCUT2D eigenvalue weighted by molar-refractivity contribution is 5.10. The fourth-order valence-electron chi connectivity index (χ4n) is 3.88. The normalized spacial score (nSPS) is 36.6. The molecule has 0 bridgehead atoms. The third-order valence-corrected chi connectivity index (χ3v) is 5.23. The maximum atomic E-state index is 2.47. The van der Waals surface area contributed by atoms with Crippen LogP contribution in [0.3, 0.4) is 0 Å². The van der Waals surface area contributed by atoms with Crippen molar-refractivity contribution in [1.29, 1.82) is 0 Å². The molecule has 0 aliphatic heterocycles. The van der Waals surface area contributed by atoms with E-state index in [9.17, 15) is 0 Å². The predicted molar refractivity (Wildman–Crippen MR) is 64.4 cm³/mol. The molecule has 0 saturated heterocycles. The minimum absolute atomic E-state index is 0.457.